The first kappa shape index (κ1) is 14.3. The minimum absolute atomic E-state index is 0.250. The van der Waals surface area contributed by atoms with Gasteiger partial charge in [0.2, 0.25) is 0 Å². The highest BCUT2D eigenvalue weighted by molar-refractivity contribution is 6.31. The van der Waals surface area contributed by atoms with Crippen molar-refractivity contribution in [1.29, 1.82) is 0 Å². The first-order chi connectivity index (χ1) is 8.19. The third-order valence-corrected chi connectivity index (χ3v) is 2.83. The van der Waals surface area contributed by atoms with Crippen LogP contribution in [0.25, 0.3) is 0 Å². The molecule has 4 heteroatoms. The Labute approximate surface area is 108 Å². The lowest BCUT2D eigenvalue weighted by Crippen LogP contribution is -2.18. The van der Waals surface area contributed by atoms with E-state index in [-0.39, 0.29) is 6.04 Å². The lowest BCUT2D eigenvalue weighted by molar-refractivity contribution is 0.146. The molecule has 0 fully saturated rings. The summed E-state index contributed by atoms with van der Waals surface area (Å²) in [6.45, 7) is 6.20. The molecule has 96 valence electrons. The molecule has 0 heterocycles. The molecule has 0 aliphatic carbocycles. The molecule has 0 bridgehead atoms. The van der Waals surface area contributed by atoms with Crippen molar-refractivity contribution >= 4 is 11.6 Å². The summed E-state index contributed by atoms with van der Waals surface area (Å²) in [5.74, 6) is 0.777. The van der Waals surface area contributed by atoms with E-state index < -0.39 is 0 Å². The molecule has 1 aromatic carbocycles. The smallest absolute Gasteiger partial charge is 0.120 e. The fourth-order valence-corrected chi connectivity index (χ4v) is 1.94. The molecule has 3 nitrogen and oxygen atoms in total. The average molecular weight is 258 g/mol. The standard InChI is InChI=1S/C13H20ClNO2/c1-4-15-10(2)12-6-5-11(9-13(12)14)17-8-7-16-3/h5-6,9-10,15H,4,7-8H2,1-3H3. The SMILES string of the molecule is CCNC(C)c1ccc(OCCOC)cc1Cl. The number of halogens is 1. The molecule has 17 heavy (non-hydrogen) atoms. The van der Waals surface area contributed by atoms with Crippen LogP contribution in [-0.2, 0) is 4.74 Å². The lowest BCUT2D eigenvalue weighted by atomic mass is 10.1. The van der Waals surface area contributed by atoms with Crippen molar-refractivity contribution in [3.05, 3.63) is 28.8 Å². The van der Waals surface area contributed by atoms with Crippen LogP contribution < -0.4 is 10.1 Å². The van der Waals surface area contributed by atoms with Crippen molar-refractivity contribution in [2.75, 3.05) is 26.9 Å². The van der Waals surface area contributed by atoms with Gasteiger partial charge < -0.3 is 14.8 Å². The van der Waals surface area contributed by atoms with Crippen LogP contribution in [0.3, 0.4) is 0 Å². The Kier molecular flexibility index (Phi) is 6.34. The Balaban J connectivity index is 2.65. The molecule has 0 aliphatic rings. The predicted molar refractivity (Wildman–Crippen MR) is 70.9 cm³/mol. The van der Waals surface area contributed by atoms with Gasteiger partial charge in [-0.1, -0.05) is 24.6 Å². The normalized spacial score (nSPS) is 12.5. The minimum atomic E-state index is 0.250. The highest BCUT2D eigenvalue weighted by atomic mass is 35.5. The van der Waals surface area contributed by atoms with Crippen molar-refractivity contribution in [3.8, 4) is 5.75 Å². The molecule has 0 aliphatic heterocycles. The first-order valence-electron chi connectivity index (χ1n) is 5.83. The van der Waals surface area contributed by atoms with Crippen LogP contribution in [-0.4, -0.2) is 26.9 Å². The van der Waals surface area contributed by atoms with Gasteiger partial charge in [-0.2, -0.15) is 0 Å². The van der Waals surface area contributed by atoms with Gasteiger partial charge in [-0.05, 0) is 31.2 Å². The van der Waals surface area contributed by atoms with E-state index in [4.69, 9.17) is 21.1 Å². The summed E-state index contributed by atoms with van der Waals surface area (Å²) < 4.78 is 10.4. The summed E-state index contributed by atoms with van der Waals surface area (Å²) in [6, 6.07) is 6.03. The fourth-order valence-electron chi connectivity index (χ4n) is 1.61. The van der Waals surface area contributed by atoms with Gasteiger partial charge in [-0.3, -0.25) is 0 Å². The second-order valence-corrected chi connectivity index (χ2v) is 4.21. The average Bonchev–Trinajstić information content (AvgIpc) is 2.29. The number of rotatable bonds is 7. The zero-order valence-electron chi connectivity index (χ0n) is 10.6. The van der Waals surface area contributed by atoms with Gasteiger partial charge in [0.05, 0.1) is 6.61 Å². The Morgan fingerprint density at radius 1 is 1.35 bits per heavy atom. The monoisotopic (exact) mass is 257 g/mol. The second kappa shape index (κ2) is 7.54. The third kappa shape index (κ3) is 4.54. The van der Waals surface area contributed by atoms with Crippen LogP contribution in [0.15, 0.2) is 18.2 Å². The van der Waals surface area contributed by atoms with Gasteiger partial charge in [0, 0.05) is 18.2 Å². The summed E-state index contributed by atoms with van der Waals surface area (Å²) in [4.78, 5) is 0. The summed E-state index contributed by atoms with van der Waals surface area (Å²) in [5.41, 5.74) is 1.09. The van der Waals surface area contributed by atoms with Gasteiger partial charge in [0.15, 0.2) is 0 Å². The van der Waals surface area contributed by atoms with Crippen LogP contribution in [0.2, 0.25) is 5.02 Å². The minimum Gasteiger partial charge on any atom is -0.491 e. The number of ether oxygens (including phenoxy) is 2. The molecule has 1 atom stereocenters. The van der Waals surface area contributed by atoms with E-state index in [2.05, 4.69) is 19.2 Å². The zero-order valence-corrected chi connectivity index (χ0v) is 11.4. The maximum Gasteiger partial charge on any atom is 0.120 e. The van der Waals surface area contributed by atoms with E-state index in [1.54, 1.807) is 7.11 Å². The summed E-state index contributed by atoms with van der Waals surface area (Å²) in [5, 5.41) is 4.06. The maximum atomic E-state index is 6.22. The Morgan fingerprint density at radius 3 is 2.71 bits per heavy atom. The van der Waals surface area contributed by atoms with Gasteiger partial charge in [0.25, 0.3) is 0 Å². The van der Waals surface area contributed by atoms with E-state index in [0.717, 1.165) is 22.9 Å². The molecule has 0 saturated heterocycles. The largest absolute Gasteiger partial charge is 0.491 e. The van der Waals surface area contributed by atoms with Crippen LogP contribution in [0.5, 0.6) is 5.75 Å². The van der Waals surface area contributed by atoms with Crippen LogP contribution in [0.4, 0.5) is 0 Å². The maximum absolute atomic E-state index is 6.22. The van der Waals surface area contributed by atoms with E-state index in [9.17, 15) is 0 Å². The quantitative estimate of drug-likeness (QED) is 0.762. The number of nitrogens with one attached hydrogen (secondary N) is 1. The molecule has 0 amide bonds. The Hall–Kier alpha value is -0.770. The van der Waals surface area contributed by atoms with E-state index in [0.29, 0.717) is 13.2 Å². The molecule has 1 unspecified atom stereocenters. The molecule has 1 aromatic rings. The second-order valence-electron chi connectivity index (χ2n) is 3.80. The molecule has 0 saturated carbocycles. The third-order valence-electron chi connectivity index (χ3n) is 2.50. The fraction of sp³-hybridized carbons (Fsp3) is 0.538. The molecular formula is C13H20ClNO2. The van der Waals surface area contributed by atoms with Crippen LogP contribution >= 0.6 is 11.6 Å². The van der Waals surface area contributed by atoms with E-state index in [1.807, 2.05) is 18.2 Å². The zero-order chi connectivity index (χ0) is 12.7. The van der Waals surface area contributed by atoms with Crippen molar-refractivity contribution in [3.63, 3.8) is 0 Å². The molecular weight excluding hydrogens is 238 g/mol. The summed E-state index contributed by atoms with van der Waals surface area (Å²) in [7, 11) is 1.65. The Bertz CT molecular complexity index is 344. The lowest BCUT2D eigenvalue weighted by Gasteiger charge is -2.15. The highest BCUT2D eigenvalue weighted by Crippen LogP contribution is 2.27. The molecule has 0 aromatic heterocycles. The van der Waals surface area contributed by atoms with Crippen molar-refractivity contribution < 1.29 is 9.47 Å². The molecule has 0 radical (unpaired) electrons. The predicted octanol–water partition coefficient (Wildman–Crippen LogP) is 3.04. The number of hydrogen-bond acceptors (Lipinski definition) is 3. The molecule has 0 spiro atoms. The number of methoxy groups -OCH3 is 1. The van der Waals surface area contributed by atoms with E-state index >= 15 is 0 Å². The van der Waals surface area contributed by atoms with Crippen molar-refractivity contribution in [2.24, 2.45) is 0 Å². The Morgan fingerprint density at radius 2 is 2.12 bits per heavy atom. The van der Waals surface area contributed by atoms with Crippen molar-refractivity contribution in [2.45, 2.75) is 19.9 Å². The van der Waals surface area contributed by atoms with Crippen LogP contribution in [0, 0.1) is 0 Å². The topological polar surface area (TPSA) is 30.5 Å². The van der Waals surface area contributed by atoms with E-state index in [1.165, 1.54) is 0 Å². The van der Waals surface area contributed by atoms with Crippen LogP contribution in [0.1, 0.15) is 25.5 Å². The highest BCUT2D eigenvalue weighted by Gasteiger charge is 2.09. The first-order valence-corrected chi connectivity index (χ1v) is 6.21. The van der Waals surface area contributed by atoms with Gasteiger partial charge in [0.1, 0.15) is 12.4 Å². The number of hydrogen-bond donors (Lipinski definition) is 1. The van der Waals surface area contributed by atoms with Gasteiger partial charge in [-0.25, -0.2) is 0 Å². The molecule has 1 N–H and O–H groups in total. The van der Waals surface area contributed by atoms with Crippen molar-refractivity contribution in [1.82, 2.24) is 5.32 Å². The summed E-state index contributed by atoms with van der Waals surface area (Å²) in [6.07, 6.45) is 0. The number of benzene rings is 1. The van der Waals surface area contributed by atoms with Gasteiger partial charge >= 0.3 is 0 Å². The van der Waals surface area contributed by atoms with Gasteiger partial charge in [-0.15, -0.1) is 0 Å². The molecule has 1 rings (SSSR count). The summed E-state index contributed by atoms with van der Waals surface area (Å²) >= 11 is 6.22.